The maximum atomic E-state index is 10.3. The van der Waals surface area contributed by atoms with Crippen molar-refractivity contribution in [3.05, 3.63) is 30.9 Å². The molecule has 0 saturated heterocycles. The summed E-state index contributed by atoms with van der Waals surface area (Å²) in [7, 11) is 0. The van der Waals surface area contributed by atoms with Crippen LogP contribution in [-0.2, 0) is 0 Å². The first kappa shape index (κ1) is 12.8. The molecule has 1 heterocycles. The van der Waals surface area contributed by atoms with E-state index in [1.165, 1.54) is 24.8 Å². The quantitative estimate of drug-likeness (QED) is 0.714. The molecule has 0 aliphatic heterocycles. The summed E-state index contributed by atoms with van der Waals surface area (Å²) in [6.45, 7) is 0. The highest BCUT2D eigenvalue weighted by molar-refractivity contribution is 9.13. The van der Waals surface area contributed by atoms with Crippen LogP contribution in [0.5, 0.6) is 0 Å². The van der Waals surface area contributed by atoms with Gasteiger partial charge in [0.2, 0.25) is 0 Å². The Bertz CT molecular complexity index is 378. The van der Waals surface area contributed by atoms with Crippen LogP contribution < -0.4 is 0 Å². The topological polar surface area (TPSA) is 20.2 Å². The standard InChI is InChI=1S/C12H14Br2OS/c13-9-7-10(16-12(9)14)11(15)8-5-3-1-2-4-6-8/h5,7,11,15H,1-4,6H2. The SMILES string of the molecule is OC(C1=CCCCCC1)c1cc(Br)c(Br)s1. The van der Waals surface area contributed by atoms with Crippen LogP contribution in [0.15, 0.2) is 26.0 Å². The molecule has 1 aliphatic rings. The Balaban J connectivity index is 2.17. The van der Waals surface area contributed by atoms with Crippen LogP contribution in [0.2, 0.25) is 0 Å². The van der Waals surface area contributed by atoms with Crippen molar-refractivity contribution in [1.82, 2.24) is 0 Å². The van der Waals surface area contributed by atoms with E-state index in [0.29, 0.717) is 0 Å². The van der Waals surface area contributed by atoms with Crippen LogP contribution in [0.25, 0.3) is 0 Å². The van der Waals surface area contributed by atoms with Crippen LogP contribution >= 0.6 is 43.2 Å². The van der Waals surface area contributed by atoms with E-state index in [1.807, 2.05) is 6.07 Å². The minimum absolute atomic E-state index is 0.411. The number of hydrogen-bond donors (Lipinski definition) is 1. The summed E-state index contributed by atoms with van der Waals surface area (Å²) < 4.78 is 2.08. The molecule has 88 valence electrons. The lowest BCUT2D eigenvalue weighted by atomic mass is 10.0. The highest BCUT2D eigenvalue weighted by Gasteiger charge is 2.17. The molecule has 1 nitrogen and oxygen atoms in total. The largest absolute Gasteiger partial charge is 0.383 e. The number of aliphatic hydroxyl groups is 1. The van der Waals surface area contributed by atoms with Gasteiger partial charge in [-0.2, -0.15) is 0 Å². The van der Waals surface area contributed by atoms with Gasteiger partial charge in [-0.1, -0.05) is 12.5 Å². The molecule has 1 atom stereocenters. The van der Waals surface area contributed by atoms with Gasteiger partial charge in [-0.15, -0.1) is 11.3 Å². The van der Waals surface area contributed by atoms with Crippen molar-refractivity contribution in [3.8, 4) is 0 Å². The third-order valence-corrected chi connectivity index (χ3v) is 6.17. The highest BCUT2D eigenvalue weighted by atomic mass is 79.9. The Morgan fingerprint density at radius 2 is 2.06 bits per heavy atom. The van der Waals surface area contributed by atoms with Crippen LogP contribution in [-0.4, -0.2) is 5.11 Å². The van der Waals surface area contributed by atoms with Gasteiger partial charge in [-0.05, 0) is 69.2 Å². The number of allylic oxidation sites excluding steroid dienone is 1. The molecule has 0 radical (unpaired) electrons. The fourth-order valence-electron chi connectivity index (χ4n) is 1.97. The summed E-state index contributed by atoms with van der Waals surface area (Å²) in [4.78, 5) is 1.02. The summed E-state index contributed by atoms with van der Waals surface area (Å²) in [5, 5.41) is 10.3. The Labute approximate surface area is 117 Å². The number of hydrogen-bond acceptors (Lipinski definition) is 2. The van der Waals surface area contributed by atoms with Crippen molar-refractivity contribution in [3.63, 3.8) is 0 Å². The second-order valence-corrected chi connectivity index (χ2v) is 7.31. The van der Waals surface area contributed by atoms with Crippen molar-refractivity contribution in [2.75, 3.05) is 0 Å². The molecule has 1 N–H and O–H groups in total. The van der Waals surface area contributed by atoms with Gasteiger partial charge in [0.15, 0.2) is 0 Å². The van der Waals surface area contributed by atoms with Gasteiger partial charge in [-0.25, -0.2) is 0 Å². The number of halogens is 2. The van der Waals surface area contributed by atoms with Crippen molar-refractivity contribution in [2.24, 2.45) is 0 Å². The zero-order valence-electron chi connectivity index (χ0n) is 8.88. The van der Waals surface area contributed by atoms with Crippen LogP contribution in [0.1, 0.15) is 43.1 Å². The molecule has 4 heteroatoms. The fourth-order valence-corrected chi connectivity index (χ4v) is 4.09. The van der Waals surface area contributed by atoms with E-state index in [2.05, 4.69) is 37.9 Å². The summed E-state index contributed by atoms with van der Waals surface area (Å²) in [6.07, 6.45) is 7.70. The van der Waals surface area contributed by atoms with Gasteiger partial charge in [0.05, 0.1) is 3.79 Å². The number of rotatable bonds is 2. The second-order valence-electron chi connectivity index (χ2n) is 4.05. The van der Waals surface area contributed by atoms with Gasteiger partial charge in [0.25, 0.3) is 0 Å². The van der Waals surface area contributed by atoms with Crippen molar-refractivity contribution in [1.29, 1.82) is 0 Å². The lowest BCUT2D eigenvalue weighted by molar-refractivity contribution is 0.214. The minimum atomic E-state index is -0.411. The highest BCUT2D eigenvalue weighted by Crippen LogP contribution is 2.39. The fraction of sp³-hybridized carbons (Fsp3) is 0.500. The van der Waals surface area contributed by atoms with Gasteiger partial charge in [0, 0.05) is 9.35 Å². The maximum absolute atomic E-state index is 10.3. The molecular weight excluding hydrogens is 352 g/mol. The van der Waals surface area contributed by atoms with Crippen molar-refractivity contribution < 1.29 is 5.11 Å². The second kappa shape index (κ2) is 5.80. The molecule has 2 rings (SSSR count). The molecule has 0 aromatic carbocycles. The Morgan fingerprint density at radius 3 is 2.75 bits per heavy atom. The number of thiophene rings is 1. The molecule has 0 saturated carbocycles. The minimum Gasteiger partial charge on any atom is -0.383 e. The molecule has 1 aromatic rings. The summed E-state index contributed by atoms with van der Waals surface area (Å²) in [6, 6.07) is 2.01. The summed E-state index contributed by atoms with van der Waals surface area (Å²) in [5.74, 6) is 0. The van der Waals surface area contributed by atoms with E-state index >= 15 is 0 Å². The summed E-state index contributed by atoms with van der Waals surface area (Å²) >= 11 is 8.52. The smallest absolute Gasteiger partial charge is 0.109 e. The van der Waals surface area contributed by atoms with E-state index in [0.717, 1.165) is 26.0 Å². The van der Waals surface area contributed by atoms with Gasteiger partial charge < -0.3 is 5.11 Å². The van der Waals surface area contributed by atoms with Crippen LogP contribution in [0.4, 0.5) is 0 Å². The van der Waals surface area contributed by atoms with E-state index in [-0.39, 0.29) is 0 Å². The van der Waals surface area contributed by atoms with E-state index in [9.17, 15) is 5.11 Å². The van der Waals surface area contributed by atoms with Crippen LogP contribution in [0, 0.1) is 0 Å². The zero-order valence-corrected chi connectivity index (χ0v) is 12.9. The molecule has 0 spiro atoms. The third kappa shape index (κ3) is 2.97. The normalized spacial score (nSPS) is 19.1. The molecule has 1 aliphatic carbocycles. The van der Waals surface area contributed by atoms with E-state index in [1.54, 1.807) is 11.3 Å². The zero-order chi connectivity index (χ0) is 11.5. The Hall–Kier alpha value is 0.360. The first-order valence-corrected chi connectivity index (χ1v) is 7.90. The van der Waals surface area contributed by atoms with Crippen molar-refractivity contribution >= 4 is 43.2 Å². The molecule has 0 amide bonds. The molecule has 0 bridgehead atoms. The monoisotopic (exact) mass is 364 g/mol. The molecule has 0 fully saturated rings. The Morgan fingerprint density at radius 1 is 1.25 bits per heavy atom. The Kier molecular flexibility index (Phi) is 4.65. The average molecular weight is 366 g/mol. The van der Waals surface area contributed by atoms with E-state index in [4.69, 9.17) is 0 Å². The van der Waals surface area contributed by atoms with Crippen LogP contribution in [0.3, 0.4) is 0 Å². The molecule has 1 unspecified atom stereocenters. The van der Waals surface area contributed by atoms with E-state index < -0.39 is 6.10 Å². The van der Waals surface area contributed by atoms with Gasteiger partial charge in [0.1, 0.15) is 6.10 Å². The van der Waals surface area contributed by atoms with Gasteiger partial charge in [-0.3, -0.25) is 0 Å². The lowest BCUT2D eigenvalue weighted by Gasteiger charge is -2.12. The first-order chi connectivity index (χ1) is 7.68. The predicted octanol–water partition coefficient (Wildman–Crippen LogP) is 5.20. The third-order valence-electron chi connectivity index (χ3n) is 2.86. The maximum Gasteiger partial charge on any atom is 0.109 e. The lowest BCUT2D eigenvalue weighted by Crippen LogP contribution is -1.98. The molecule has 1 aromatic heterocycles. The molecule has 16 heavy (non-hydrogen) atoms. The van der Waals surface area contributed by atoms with Crippen molar-refractivity contribution in [2.45, 2.75) is 38.2 Å². The number of aliphatic hydroxyl groups excluding tert-OH is 1. The predicted molar refractivity (Wildman–Crippen MR) is 75.8 cm³/mol. The average Bonchev–Trinajstić information content (AvgIpc) is 2.51. The van der Waals surface area contributed by atoms with Gasteiger partial charge >= 0.3 is 0 Å². The first-order valence-electron chi connectivity index (χ1n) is 5.50. The molecular formula is C12H14Br2OS. The summed E-state index contributed by atoms with van der Waals surface area (Å²) in [5.41, 5.74) is 1.19.